The van der Waals surface area contributed by atoms with Gasteiger partial charge in [0.2, 0.25) is 0 Å². The number of ether oxygens (including phenoxy) is 2. The highest BCUT2D eigenvalue weighted by Crippen LogP contribution is 2.51. The Balaban J connectivity index is 1.82. The van der Waals surface area contributed by atoms with Crippen molar-refractivity contribution in [2.24, 2.45) is 0 Å². The van der Waals surface area contributed by atoms with Gasteiger partial charge >= 0.3 is 0 Å². The van der Waals surface area contributed by atoms with E-state index >= 15 is 0 Å². The summed E-state index contributed by atoms with van der Waals surface area (Å²) < 4.78 is 12.0. The van der Waals surface area contributed by atoms with Crippen LogP contribution in [0.4, 0.5) is 0 Å². The van der Waals surface area contributed by atoms with Gasteiger partial charge in [0, 0.05) is 22.1 Å². The van der Waals surface area contributed by atoms with Crippen molar-refractivity contribution in [1.29, 1.82) is 0 Å². The summed E-state index contributed by atoms with van der Waals surface area (Å²) in [7, 11) is 1.72. The molecule has 2 aromatic rings. The van der Waals surface area contributed by atoms with Crippen LogP contribution < -0.4 is 9.47 Å². The minimum Gasteiger partial charge on any atom is -0.497 e. The zero-order valence-corrected chi connectivity index (χ0v) is 18.4. The predicted octanol–water partition coefficient (Wildman–Crippen LogP) is 7.60. The summed E-state index contributed by atoms with van der Waals surface area (Å²) in [5.41, 5.74) is 2.57. The molecular weight excluding hydrogens is 364 g/mol. The Hall–Kier alpha value is -1.87. The zero-order chi connectivity index (χ0) is 20.0. The Bertz CT molecular complexity index is 799. The predicted molar refractivity (Wildman–Crippen MR) is 120 cm³/mol. The Morgan fingerprint density at radius 2 is 2.04 bits per heavy atom. The van der Waals surface area contributed by atoms with E-state index in [1.807, 2.05) is 17.8 Å². The minimum atomic E-state index is -0.156. The summed E-state index contributed by atoms with van der Waals surface area (Å²) in [5, 5.41) is 0.354. The number of rotatable bonds is 8. The second-order valence-corrected chi connectivity index (χ2v) is 9.19. The monoisotopic (exact) mass is 396 g/mol. The third kappa shape index (κ3) is 5.35. The topological polar surface area (TPSA) is 18.5 Å². The fourth-order valence-corrected chi connectivity index (χ4v) is 5.24. The molecule has 0 aliphatic carbocycles. The molecule has 1 aliphatic heterocycles. The van der Waals surface area contributed by atoms with Crippen LogP contribution in [-0.4, -0.2) is 12.7 Å². The first-order valence-electron chi connectivity index (χ1n) is 10.3. The van der Waals surface area contributed by atoms with Crippen molar-refractivity contribution in [2.45, 2.75) is 68.6 Å². The van der Waals surface area contributed by atoms with E-state index in [-0.39, 0.29) is 5.60 Å². The summed E-state index contributed by atoms with van der Waals surface area (Å²) in [6.07, 6.45) is 7.88. The molecule has 0 amide bonds. The SMILES string of the molecule is CCC/C(C)=C/CC[C@]1(C)CC(Sc2ccccc2)c2cc(OC)ccc2O1. The number of thioether (sulfide) groups is 1. The summed E-state index contributed by atoms with van der Waals surface area (Å²) in [4.78, 5) is 1.30. The average molecular weight is 397 g/mol. The quantitative estimate of drug-likeness (QED) is 0.428. The van der Waals surface area contributed by atoms with Gasteiger partial charge in [0.15, 0.2) is 0 Å². The van der Waals surface area contributed by atoms with E-state index in [1.165, 1.54) is 28.9 Å². The molecule has 2 aromatic carbocycles. The highest BCUT2D eigenvalue weighted by Gasteiger charge is 2.37. The highest BCUT2D eigenvalue weighted by molar-refractivity contribution is 7.99. The Morgan fingerprint density at radius 3 is 2.75 bits per heavy atom. The molecule has 0 N–H and O–H groups in total. The third-order valence-electron chi connectivity index (χ3n) is 5.37. The summed E-state index contributed by atoms with van der Waals surface area (Å²) in [6, 6.07) is 16.9. The Kier molecular flexibility index (Phi) is 7.12. The maximum absolute atomic E-state index is 6.53. The molecule has 2 nitrogen and oxygen atoms in total. The van der Waals surface area contributed by atoms with E-state index in [2.05, 4.69) is 69.3 Å². The molecule has 0 bridgehead atoms. The van der Waals surface area contributed by atoms with Crippen molar-refractivity contribution in [3.05, 3.63) is 65.7 Å². The second kappa shape index (κ2) is 9.56. The van der Waals surface area contributed by atoms with E-state index < -0.39 is 0 Å². The molecule has 0 saturated heterocycles. The number of fused-ring (bicyclic) bond motifs is 1. The van der Waals surface area contributed by atoms with Crippen molar-refractivity contribution in [3.8, 4) is 11.5 Å². The molecule has 0 aromatic heterocycles. The van der Waals surface area contributed by atoms with Crippen LogP contribution in [0.15, 0.2) is 65.1 Å². The number of benzene rings is 2. The molecule has 28 heavy (non-hydrogen) atoms. The van der Waals surface area contributed by atoms with Crippen LogP contribution in [0.1, 0.15) is 63.7 Å². The van der Waals surface area contributed by atoms with Crippen LogP contribution in [0.25, 0.3) is 0 Å². The molecule has 2 atom stereocenters. The van der Waals surface area contributed by atoms with Gasteiger partial charge in [-0.1, -0.05) is 43.2 Å². The lowest BCUT2D eigenvalue weighted by molar-refractivity contribution is 0.0559. The number of hydrogen-bond acceptors (Lipinski definition) is 3. The van der Waals surface area contributed by atoms with Gasteiger partial charge in [0.25, 0.3) is 0 Å². The first-order chi connectivity index (χ1) is 13.5. The van der Waals surface area contributed by atoms with E-state index in [0.29, 0.717) is 5.25 Å². The van der Waals surface area contributed by atoms with Crippen molar-refractivity contribution in [2.75, 3.05) is 7.11 Å². The normalized spacial score (nSPS) is 21.7. The van der Waals surface area contributed by atoms with E-state index in [9.17, 15) is 0 Å². The maximum Gasteiger partial charge on any atom is 0.124 e. The molecule has 150 valence electrons. The highest BCUT2D eigenvalue weighted by atomic mass is 32.2. The molecule has 0 fully saturated rings. The van der Waals surface area contributed by atoms with Gasteiger partial charge < -0.3 is 9.47 Å². The summed E-state index contributed by atoms with van der Waals surface area (Å²) in [6.45, 7) is 6.74. The fourth-order valence-electron chi connectivity index (χ4n) is 3.85. The molecule has 3 rings (SSSR count). The molecule has 3 heteroatoms. The van der Waals surface area contributed by atoms with Crippen molar-refractivity contribution >= 4 is 11.8 Å². The van der Waals surface area contributed by atoms with Crippen LogP contribution in [0.2, 0.25) is 0 Å². The van der Waals surface area contributed by atoms with Crippen LogP contribution in [0.5, 0.6) is 11.5 Å². The van der Waals surface area contributed by atoms with Crippen LogP contribution in [0.3, 0.4) is 0 Å². The summed E-state index contributed by atoms with van der Waals surface area (Å²) >= 11 is 1.93. The van der Waals surface area contributed by atoms with Gasteiger partial charge in [-0.3, -0.25) is 0 Å². The van der Waals surface area contributed by atoms with Crippen LogP contribution in [0, 0.1) is 0 Å². The van der Waals surface area contributed by atoms with Crippen molar-refractivity contribution in [3.63, 3.8) is 0 Å². The minimum absolute atomic E-state index is 0.156. The first-order valence-corrected chi connectivity index (χ1v) is 11.2. The van der Waals surface area contributed by atoms with Gasteiger partial charge in [0.1, 0.15) is 17.1 Å². The Morgan fingerprint density at radius 1 is 1.25 bits per heavy atom. The van der Waals surface area contributed by atoms with Gasteiger partial charge in [-0.25, -0.2) is 0 Å². The molecule has 1 unspecified atom stereocenters. The van der Waals surface area contributed by atoms with Crippen LogP contribution in [-0.2, 0) is 0 Å². The lowest BCUT2D eigenvalue weighted by atomic mass is 9.88. The molecule has 0 saturated carbocycles. The fraction of sp³-hybridized carbons (Fsp3) is 0.440. The Labute approximate surface area is 174 Å². The van der Waals surface area contributed by atoms with E-state index in [4.69, 9.17) is 9.47 Å². The lowest BCUT2D eigenvalue weighted by Crippen LogP contribution is -2.37. The molecule has 0 radical (unpaired) electrons. The maximum atomic E-state index is 6.53. The van der Waals surface area contributed by atoms with Crippen molar-refractivity contribution < 1.29 is 9.47 Å². The number of allylic oxidation sites excluding steroid dienone is 2. The van der Waals surface area contributed by atoms with E-state index in [0.717, 1.165) is 30.8 Å². The van der Waals surface area contributed by atoms with Crippen LogP contribution >= 0.6 is 11.8 Å². The van der Waals surface area contributed by atoms with Gasteiger partial charge in [0.05, 0.1) is 7.11 Å². The third-order valence-corrected chi connectivity index (χ3v) is 6.62. The zero-order valence-electron chi connectivity index (χ0n) is 17.5. The van der Waals surface area contributed by atoms with Gasteiger partial charge in [-0.05, 0) is 63.4 Å². The molecule has 0 spiro atoms. The average Bonchev–Trinajstić information content (AvgIpc) is 2.68. The molecule has 1 aliphatic rings. The number of methoxy groups -OCH3 is 1. The van der Waals surface area contributed by atoms with Gasteiger partial charge in [-0.15, -0.1) is 11.8 Å². The smallest absolute Gasteiger partial charge is 0.124 e. The van der Waals surface area contributed by atoms with E-state index in [1.54, 1.807) is 7.11 Å². The van der Waals surface area contributed by atoms with Crippen molar-refractivity contribution in [1.82, 2.24) is 0 Å². The number of hydrogen-bond donors (Lipinski definition) is 0. The standard InChI is InChI=1S/C25H32O2S/c1-5-10-19(2)11-9-16-25(3)18-24(28-21-12-7-6-8-13-21)22-17-20(26-4)14-15-23(22)27-25/h6-8,11-15,17,24H,5,9-10,16,18H2,1-4H3/b19-11+/t24?,25-/m1/s1. The largest absolute Gasteiger partial charge is 0.497 e. The molecule has 1 heterocycles. The lowest BCUT2D eigenvalue weighted by Gasteiger charge is -2.40. The first kappa shape index (κ1) is 20.9. The van der Waals surface area contributed by atoms with Gasteiger partial charge in [-0.2, -0.15) is 0 Å². The second-order valence-electron chi connectivity index (χ2n) is 7.92. The summed E-state index contributed by atoms with van der Waals surface area (Å²) in [5.74, 6) is 1.89. The molecular formula is C25H32O2S.